The van der Waals surface area contributed by atoms with Gasteiger partial charge in [-0.15, -0.1) is 0 Å². The number of esters is 1. The van der Waals surface area contributed by atoms with E-state index in [1.165, 1.54) is 5.39 Å². The summed E-state index contributed by atoms with van der Waals surface area (Å²) in [5.74, 6) is -0.232. The highest BCUT2D eigenvalue weighted by molar-refractivity contribution is 5.90. The maximum atomic E-state index is 13.3. The average Bonchev–Trinajstić information content (AvgIpc) is 2.85. The second kappa shape index (κ2) is 11.1. The highest BCUT2D eigenvalue weighted by atomic mass is 16.5. The van der Waals surface area contributed by atoms with Crippen molar-refractivity contribution in [2.75, 3.05) is 0 Å². The van der Waals surface area contributed by atoms with Crippen LogP contribution >= 0.6 is 0 Å². The molecule has 3 nitrogen and oxygen atoms in total. The fourth-order valence-electron chi connectivity index (χ4n) is 4.65. The van der Waals surface area contributed by atoms with Crippen LogP contribution in [0.4, 0.5) is 0 Å². The molecular weight excluding hydrogens is 432 g/mol. The Hall–Kier alpha value is -3.72. The zero-order valence-corrected chi connectivity index (χ0v) is 20.7. The smallest absolute Gasteiger partial charge is 0.338 e. The lowest BCUT2D eigenvalue weighted by Crippen LogP contribution is -2.15. The first-order chi connectivity index (χ1) is 16.9. The molecule has 1 atom stereocenters. The van der Waals surface area contributed by atoms with Crippen LogP contribution in [0, 0.1) is 13.8 Å². The third-order valence-corrected chi connectivity index (χ3v) is 6.37. The van der Waals surface area contributed by atoms with Crippen LogP contribution < -0.4 is 0 Å². The number of hydrogen-bond donors (Lipinski definition) is 0. The molecule has 0 radical (unpaired) electrons. The SMILES string of the molecule is CCCC(C(=O)Cc1ccc2ccccc2c1)c1ccc(COC(=O)c2cc(C)cc(C)c2)cc1. The summed E-state index contributed by atoms with van der Waals surface area (Å²) in [6.07, 6.45) is 2.17. The summed E-state index contributed by atoms with van der Waals surface area (Å²) in [5, 5.41) is 2.34. The summed E-state index contributed by atoms with van der Waals surface area (Å²) in [4.78, 5) is 25.7. The van der Waals surface area contributed by atoms with Crippen molar-refractivity contribution in [1.82, 2.24) is 0 Å². The summed E-state index contributed by atoms with van der Waals surface area (Å²) in [6, 6.07) is 28.1. The van der Waals surface area contributed by atoms with E-state index in [0.29, 0.717) is 12.0 Å². The van der Waals surface area contributed by atoms with E-state index in [0.717, 1.165) is 46.0 Å². The number of benzene rings is 4. The number of ketones is 1. The molecule has 0 aliphatic carbocycles. The number of ether oxygens (including phenoxy) is 1. The quantitative estimate of drug-likeness (QED) is 0.241. The number of hydrogen-bond acceptors (Lipinski definition) is 3. The Labute approximate surface area is 207 Å². The monoisotopic (exact) mass is 464 g/mol. The number of carbonyl (C=O) groups excluding carboxylic acids is 2. The summed E-state index contributed by atoms with van der Waals surface area (Å²) in [7, 11) is 0. The summed E-state index contributed by atoms with van der Waals surface area (Å²) >= 11 is 0. The summed E-state index contributed by atoms with van der Waals surface area (Å²) in [6.45, 7) is 6.25. The van der Waals surface area contributed by atoms with Gasteiger partial charge in [-0.3, -0.25) is 4.79 Å². The van der Waals surface area contributed by atoms with Crippen molar-refractivity contribution < 1.29 is 14.3 Å². The first-order valence-electron chi connectivity index (χ1n) is 12.3. The number of Topliss-reactive ketones (excluding diaryl/α,β-unsaturated/α-hetero) is 1. The maximum absolute atomic E-state index is 13.3. The number of fused-ring (bicyclic) bond motifs is 1. The van der Waals surface area contributed by atoms with Gasteiger partial charge >= 0.3 is 5.97 Å². The largest absolute Gasteiger partial charge is 0.457 e. The molecule has 0 spiro atoms. The van der Waals surface area contributed by atoms with Crippen molar-refractivity contribution in [2.45, 2.75) is 52.6 Å². The molecule has 4 aromatic carbocycles. The van der Waals surface area contributed by atoms with Gasteiger partial charge in [0.2, 0.25) is 0 Å². The Morgan fingerprint density at radius 3 is 2.11 bits per heavy atom. The van der Waals surface area contributed by atoms with Gasteiger partial charge in [-0.1, -0.05) is 97.3 Å². The van der Waals surface area contributed by atoms with Crippen molar-refractivity contribution in [3.63, 3.8) is 0 Å². The van der Waals surface area contributed by atoms with E-state index in [4.69, 9.17) is 4.74 Å². The van der Waals surface area contributed by atoms with Crippen LogP contribution in [0.2, 0.25) is 0 Å². The van der Waals surface area contributed by atoms with Gasteiger partial charge in [0.15, 0.2) is 0 Å². The van der Waals surface area contributed by atoms with Gasteiger partial charge in [0.1, 0.15) is 12.4 Å². The molecule has 178 valence electrons. The molecule has 0 aromatic heterocycles. The Bertz CT molecular complexity index is 1310. The third-order valence-electron chi connectivity index (χ3n) is 6.37. The normalized spacial score (nSPS) is 11.9. The minimum atomic E-state index is -0.324. The maximum Gasteiger partial charge on any atom is 0.338 e. The molecule has 0 aliphatic rings. The predicted octanol–water partition coefficient (Wildman–Crippen LogP) is 7.51. The van der Waals surface area contributed by atoms with E-state index in [2.05, 4.69) is 37.3 Å². The van der Waals surface area contributed by atoms with Crippen LogP contribution in [-0.2, 0) is 22.6 Å². The molecule has 0 bridgehead atoms. The van der Waals surface area contributed by atoms with E-state index in [9.17, 15) is 9.59 Å². The van der Waals surface area contributed by atoms with Gasteiger partial charge in [-0.05, 0) is 59.9 Å². The van der Waals surface area contributed by atoms with E-state index in [-0.39, 0.29) is 24.3 Å². The van der Waals surface area contributed by atoms with Crippen molar-refractivity contribution in [3.05, 3.63) is 118 Å². The molecule has 0 saturated carbocycles. The lowest BCUT2D eigenvalue weighted by molar-refractivity contribution is -0.120. The molecule has 4 aromatic rings. The fourth-order valence-corrected chi connectivity index (χ4v) is 4.65. The first-order valence-corrected chi connectivity index (χ1v) is 12.3. The zero-order chi connectivity index (χ0) is 24.8. The Morgan fingerprint density at radius 1 is 0.771 bits per heavy atom. The minimum absolute atomic E-state index is 0.140. The standard InChI is InChI=1S/C32H32O3/c1-4-7-30(31(33)20-25-12-13-26-8-5-6-9-28(26)19-25)27-14-10-24(11-15-27)21-35-32(34)29-17-22(2)16-23(3)18-29/h5-6,8-19,30H,4,7,20-21H2,1-3H3. The molecule has 1 unspecified atom stereocenters. The second-order valence-electron chi connectivity index (χ2n) is 9.36. The average molecular weight is 465 g/mol. The van der Waals surface area contributed by atoms with Crippen molar-refractivity contribution in [2.24, 2.45) is 0 Å². The topological polar surface area (TPSA) is 43.4 Å². The van der Waals surface area contributed by atoms with Crippen LogP contribution in [0.3, 0.4) is 0 Å². The van der Waals surface area contributed by atoms with Gasteiger partial charge in [0, 0.05) is 12.3 Å². The van der Waals surface area contributed by atoms with E-state index in [1.807, 2.05) is 68.4 Å². The highest BCUT2D eigenvalue weighted by Crippen LogP contribution is 2.26. The van der Waals surface area contributed by atoms with Crippen molar-refractivity contribution in [1.29, 1.82) is 0 Å². The second-order valence-corrected chi connectivity index (χ2v) is 9.36. The van der Waals surface area contributed by atoms with Gasteiger partial charge in [-0.25, -0.2) is 4.79 Å². The molecule has 0 saturated heterocycles. The number of carbonyl (C=O) groups is 2. The molecule has 0 N–H and O–H groups in total. The third kappa shape index (κ3) is 6.24. The molecule has 0 amide bonds. The van der Waals surface area contributed by atoms with E-state index < -0.39 is 0 Å². The lowest BCUT2D eigenvalue weighted by Gasteiger charge is -2.16. The van der Waals surface area contributed by atoms with Crippen molar-refractivity contribution >= 4 is 22.5 Å². The molecule has 0 fully saturated rings. The van der Waals surface area contributed by atoms with Gasteiger partial charge in [0.25, 0.3) is 0 Å². The highest BCUT2D eigenvalue weighted by Gasteiger charge is 2.20. The first kappa shape index (κ1) is 24.4. The van der Waals surface area contributed by atoms with Gasteiger partial charge < -0.3 is 4.74 Å². The Morgan fingerprint density at radius 2 is 1.43 bits per heavy atom. The number of rotatable bonds is 9. The molecule has 3 heteroatoms. The number of aryl methyl sites for hydroxylation is 2. The van der Waals surface area contributed by atoms with Gasteiger partial charge in [-0.2, -0.15) is 0 Å². The summed E-state index contributed by atoms with van der Waals surface area (Å²) in [5.41, 5.74) is 5.62. The summed E-state index contributed by atoms with van der Waals surface area (Å²) < 4.78 is 5.53. The molecular formula is C32H32O3. The molecule has 4 rings (SSSR count). The zero-order valence-electron chi connectivity index (χ0n) is 20.7. The Balaban J connectivity index is 1.42. The fraction of sp³-hybridized carbons (Fsp3) is 0.250. The molecule has 0 heterocycles. The molecule has 0 aliphatic heterocycles. The van der Waals surface area contributed by atoms with Crippen molar-refractivity contribution in [3.8, 4) is 0 Å². The molecule has 35 heavy (non-hydrogen) atoms. The van der Waals surface area contributed by atoms with Crippen LogP contribution in [0.1, 0.15) is 63.9 Å². The van der Waals surface area contributed by atoms with Crippen LogP contribution in [0.5, 0.6) is 0 Å². The van der Waals surface area contributed by atoms with E-state index in [1.54, 1.807) is 0 Å². The lowest BCUT2D eigenvalue weighted by atomic mass is 9.87. The Kier molecular flexibility index (Phi) is 7.77. The minimum Gasteiger partial charge on any atom is -0.457 e. The van der Waals surface area contributed by atoms with Crippen LogP contribution in [0.25, 0.3) is 10.8 Å². The predicted molar refractivity (Wildman–Crippen MR) is 142 cm³/mol. The van der Waals surface area contributed by atoms with Crippen LogP contribution in [0.15, 0.2) is 84.9 Å². The van der Waals surface area contributed by atoms with E-state index >= 15 is 0 Å². The van der Waals surface area contributed by atoms with Gasteiger partial charge in [0.05, 0.1) is 5.56 Å². The van der Waals surface area contributed by atoms with Crippen LogP contribution in [-0.4, -0.2) is 11.8 Å².